The predicted molar refractivity (Wildman–Crippen MR) is 99.3 cm³/mol. The highest BCUT2D eigenvalue weighted by molar-refractivity contribution is 6.91. The molecule has 0 aliphatic carbocycles. The first-order chi connectivity index (χ1) is 10.9. The van der Waals surface area contributed by atoms with Gasteiger partial charge in [-0.1, -0.05) is 91.1 Å². The topological polar surface area (TPSA) is 40.5 Å². The lowest BCUT2D eigenvalue weighted by Gasteiger charge is -2.47. The molecule has 2 N–H and O–H groups in total. The Hall–Kier alpha value is -1.68. The Balaban J connectivity index is 2.70. The van der Waals surface area contributed by atoms with Gasteiger partial charge in [-0.15, -0.1) is 0 Å². The van der Waals surface area contributed by atoms with Crippen molar-refractivity contribution in [2.75, 3.05) is 6.61 Å². The number of rotatable bonds is 6. The predicted octanol–water partition coefficient (Wildman–Crippen LogP) is 3.21. The van der Waals surface area contributed by atoms with Crippen LogP contribution < -0.4 is 5.19 Å². The van der Waals surface area contributed by atoms with Gasteiger partial charge in [-0.2, -0.15) is 0 Å². The molecule has 0 heterocycles. The molecule has 122 valence electrons. The lowest BCUT2D eigenvalue weighted by Crippen LogP contribution is -2.64. The molecule has 0 unspecified atom stereocenters. The first kappa shape index (κ1) is 17.7. The quantitative estimate of drug-likeness (QED) is 0.632. The van der Waals surface area contributed by atoms with E-state index < -0.39 is 19.2 Å². The Morgan fingerprint density at radius 2 is 1.52 bits per heavy atom. The molecular weight excluding hydrogens is 300 g/mol. The molecule has 3 heteroatoms. The van der Waals surface area contributed by atoms with Crippen LogP contribution in [-0.2, 0) is 5.22 Å². The monoisotopic (exact) mass is 326 g/mol. The minimum atomic E-state index is -2.39. The van der Waals surface area contributed by atoms with Crippen LogP contribution in [0.3, 0.4) is 0 Å². The first-order valence-electron chi connectivity index (χ1n) is 7.95. The highest BCUT2D eigenvalue weighted by Crippen LogP contribution is 2.41. The van der Waals surface area contributed by atoms with Gasteiger partial charge in [-0.05, 0) is 12.5 Å². The Morgan fingerprint density at radius 1 is 1.04 bits per heavy atom. The summed E-state index contributed by atoms with van der Waals surface area (Å²) < 4.78 is 0. The maximum absolute atomic E-state index is 11.9. The summed E-state index contributed by atoms with van der Waals surface area (Å²) in [5, 5.41) is 22.0. The van der Waals surface area contributed by atoms with Crippen LogP contribution in [-0.4, -0.2) is 24.9 Å². The third-order valence-electron chi connectivity index (χ3n) is 4.94. The van der Waals surface area contributed by atoms with Gasteiger partial charge in [0.05, 0.1) is 11.8 Å². The molecule has 2 nitrogen and oxygen atoms in total. The minimum absolute atomic E-state index is 0.121. The first-order valence-corrected chi connectivity index (χ1v) is 11.0. The molecule has 0 bridgehead atoms. The van der Waals surface area contributed by atoms with Crippen LogP contribution in [0, 0.1) is 5.92 Å². The van der Waals surface area contributed by atoms with E-state index in [0.717, 1.165) is 16.3 Å². The fraction of sp³-hybridized carbons (Fsp3) is 0.300. The molecule has 0 saturated heterocycles. The van der Waals surface area contributed by atoms with E-state index >= 15 is 0 Å². The van der Waals surface area contributed by atoms with Crippen molar-refractivity contribution in [2.45, 2.75) is 25.2 Å². The van der Waals surface area contributed by atoms with E-state index in [1.54, 1.807) is 0 Å². The number of benzene rings is 2. The van der Waals surface area contributed by atoms with Gasteiger partial charge in [-0.25, -0.2) is 0 Å². The standard InChI is InChI=1S/C20H26O2Si/c1-16(2)19(15-21)20(22,17-11-7-5-8-12-17)23(3,4)18-13-9-6-10-14-18/h5-14,19,21-22H,1,15H2,2-4H3/t19-,20-/m0/s1. The molecule has 2 aromatic rings. The van der Waals surface area contributed by atoms with Crippen LogP contribution in [0.25, 0.3) is 0 Å². The van der Waals surface area contributed by atoms with Crippen molar-refractivity contribution in [3.63, 3.8) is 0 Å². The molecule has 2 rings (SSSR count). The number of aliphatic hydroxyl groups is 2. The summed E-state index contributed by atoms with van der Waals surface area (Å²) in [7, 11) is -2.39. The van der Waals surface area contributed by atoms with Crippen molar-refractivity contribution in [1.82, 2.24) is 0 Å². The molecule has 0 fully saturated rings. The number of hydrogen-bond donors (Lipinski definition) is 2. The Labute approximate surface area is 140 Å². The van der Waals surface area contributed by atoms with E-state index in [0.29, 0.717) is 0 Å². The highest BCUT2D eigenvalue weighted by atomic mass is 28.3. The molecule has 0 aliphatic heterocycles. The second kappa shape index (κ2) is 6.83. The molecule has 23 heavy (non-hydrogen) atoms. The van der Waals surface area contributed by atoms with E-state index in [4.69, 9.17) is 0 Å². The SMILES string of the molecule is C=C(C)[C@H](CO)[C@](O)(c1ccccc1)[Si](C)(C)c1ccccc1. The Bertz CT molecular complexity index is 652. The summed E-state index contributed by atoms with van der Waals surface area (Å²) in [5.41, 5.74) is 1.65. The van der Waals surface area contributed by atoms with E-state index in [2.05, 4.69) is 31.8 Å². The number of aliphatic hydroxyl groups excluding tert-OH is 1. The average Bonchev–Trinajstić information content (AvgIpc) is 2.56. The zero-order valence-corrected chi connectivity index (χ0v) is 15.2. The van der Waals surface area contributed by atoms with Crippen LogP contribution in [0.4, 0.5) is 0 Å². The van der Waals surface area contributed by atoms with E-state index in [-0.39, 0.29) is 6.61 Å². The van der Waals surface area contributed by atoms with Crippen molar-refractivity contribution in [1.29, 1.82) is 0 Å². The summed E-state index contributed by atoms with van der Waals surface area (Å²) in [5.74, 6) is -0.397. The van der Waals surface area contributed by atoms with E-state index in [1.807, 2.05) is 55.5 Å². The van der Waals surface area contributed by atoms with Crippen LogP contribution in [0.5, 0.6) is 0 Å². The van der Waals surface area contributed by atoms with Gasteiger partial charge in [0.25, 0.3) is 0 Å². The van der Waals surface area contributed by atoms with Crippen LogP contribution in [0.15, 0.2) is 72.8 Å². The zero-order valence-electron chi connectivity index (χ0n) is 14.2. The molecule has 2 aromatic carbocycles. The molecule has 0 aromatic heterocycles. The summed E-state index contributed by atoms with van der Waals surface area (Å²) in [4.78, 5) is 0. The molecule has 2 atom stereocenters. The molecule has 0 aliphatic rings. The van der Waals surface area contributed by atoms with Crippen molar-refractivity contribution in [3.8, 4) is 0 Å². The fourth-order valence-electron chi connectivity index (χ4n) is 3.41. The van der Waals surface area contributed by atoms with Gasteiger partial charge in [0.15, 0.2) is 0 Å². The van der Waals surface area contributed by atoms with Gasteiger partial charge in [0.1, 0.15) is 8.07 Å². The highest BCUT2D eigenvalue weighted by Gasteiger charge is 2.52. The summed E-state index contributed by atoms with van der Waals surface area (Å²) >= 11 is 0. The smallest absolute Gasteiger partial charge is 0.123 e. The van der Waals surface area contributed by atoms with Gasteiger partial charge >= 0.3 is 0 Å². The summed E-state index contributed by atoms with van der Waals surface area (Å²) in [6, 6.07) is 19.8. The molecule has 0 spiro atoms. The molecule has 0 saturated carbocycles. The maximum atomic E-state index is 11.9. The number of hydrogen-bond acceptors (Lipinski definition) is 2. The third-order valence-corrected chi connectivity index (χ3v) is 9.26. The average molecular weight is 327 g/mol. The van der Waals surface area contributed by atoms with Crippen LogP contribution in [0.1, 0.15) is 12.5 Å². The summed E-state index contributed by atoms with van der Waals surface area (Å²) in [6.07, 6.45) is 0. The minimum Gasteiger partial charge on any atom is -0.396 e. The van der Waals surface area contributed by atoms with Gasteiger partial charge < -0.3 is 10.2 Å². The Morgan fingerprint density at radius 3 is 1.96 bits per heavy atom. The van der Waals surface area contributed by atoms with Crippen molar-refractivity contribution in [3.05, 3.63) is 78.4 Å². The summed E-state index contributed by atoms with van der Waals surface area (Å²) in [6.45, 7) is 10.1. The van der Waals surface area contributed by atoms with Crippen molar-refractivity contribution < 1.29 is 10.2 Å². The normalized spacial score (nSPS) is 15.7. The second-order valence-electron chi connectivity index (χ2n) is 6.70. The maximum Gasteiger partial charge on any atom is 0.123 e. The van der Waals surface area contributed by atoms with Crippen LogP contribution >= 0.6 is 0 Å². The third kappa shape index (κ3) is 3.04. The molecule has 0 amide bonds. The second-order valence-corrected chi connectivity index (χ2v) is 11.3. The van der Waals surface area contributed by atoms with Gasteiger partial charge in [0, 0.05) is 5.92 Å². The largest absolute Gasteiger partial charge is 0.396 e. The van der Waals surface area contributed by atoms with Crippen molar-refractivity contribution in [2.24, 2.45) is 5.92 Å². The van der Waals surface area contributed by atoms with Gasteiger partial charge in [0.2, 0.25) is 0 Å². The molecular formula is C20H26O2Si. The lowest BCUT2D eigenvalue weighted by molar-refractivity contribution is 0.0360. The van der Waals surface area contributed by atoms with E-state index in [1.165, 1.54) is 0 Å². The lowest BCUT2D eigenvalue weighted by atomic mass is 9.90. The Kier molecular flexibility index (Phi) is 5.25. The van der Waals surface area contributed by atoms with Crippen LogP contribution in [0.2, 0.25) is 13.1 Å². The molecule has 0 radical (unpaired) electrons. The van der Waals surface area contributed by atoms with Gasteiger partial charge in [-0.3, -0.25) is 0 Å². The van der Waals surface area contributed by atoms with E-state index in [9.17, 15) is 10.2 Å². The van der Waals surface area contributed by atoms with Crippen molar-refractivity contribution >= 4 is 13.3 Å². The zero-order chi connectivity index (χ0) is 17.1. The fourth-order valence-corrected chi connectivity index (χ4v) is 6.97.